The van der Waals surface area contributed by atoms with Gasteiger partial charge in [-0.15, -0.1) is 0 Å². The zero-order chi connectivity index (χ0) is 55.0. The number of allylic oxidation sites excluding steroid dienone is 4. The molecule has 0 aliphatic carbocycles. The van der Waals surface area contributed by atoms with Crippen LogP contribution in [0.15, 0.2) is 24.3 Å². The quantitative estimate of drug-likeness (QED) is 0.0320. The maximum atomic E-state index is 12.5. The van der Waals surface area contributed by atoms with Crippen LogP contribution < -0.4 is 5.32 Å². The fourth-order valence-corrected chi connectivity index (χ4v) is 11.0. The van der Waals surface area contributed by atoms with Gasteiger partial charge in [0, 0.05) is 12.8 Å². The third kappa shape index (κ3) is 61.6. The highest BCUT2D eigenvalue weighted by atomic mass is 16.5. The Bertz CT molecular complexity index is 1190. The summed E-state index contributed by atoms with van der Waals surface area (Å²) in [7, 11) is 0. The van der Waals surface area contributed by atoms with Crippen LogP contribution in [0.5, 0.6) is 0 Å². The molecule has 2 atom stereocenters. The number of carbonyl (C=O) groups is 2. The van der Waals surface area contributed by atoms with E-state index in [1.165, 1.54) is 302 Å². The average Bonchev–Trinajstić information content (AvgIpc) is 3.42. The van der Waals surface area contributed by atoms with Crippen molar-refractivity contribution in [2.45, 2.75) is 398 Å². The fraction of sp³-hybridized carbons (Fsp3) is 0.914. The number of hydrogen-bond donors (Lipinski definition) is 3. The average molecular weight is 1070 g/mol. The van der Waals surface area contributed by atoms with Crippen molar-refractivity contribution in [1.29, 1.82) is 0 Å². The second-order valence-electron chi connectivity index (χ2n) is 23.9. The molecule has 0 rings (SSSR count). The van der Waals surface area contributed by atoms with Crippen LogP contribution in [0.3, 0.4) is 0 Å². The van der Waals surface area contributed by atoms with Gasteiger partial charge in [0.1, 0.15) is 0 Å². The molecule has 0 aliphatic rings. The summed E-state index contributed by atoms with van der Waals surface area (Å²) >= 11 is 0. The molecule has 0 aromatic carbocycles. The fourth-order valence-electron chi connectivity index (χ4n) is 11.0. The number of hydrogen-bond acceptors (Lipinski definition) is 5. The Morgan fingerprint density at radius 1 is 0.368 bits per heavy atom. The van der Waals surface area contributed by atoms with Crippen molar-refractivity contribution in [2.24, 2.45) is 0 Å². The number of carbonyl (C=O) groups excluding carboxylic acids is 2. The van der Waals surface area contributed by atoms with Gasteiger partial charge in [-0.05, 0) is 51.4 Å². The van der Waals surface area contributed by atoms with Gasteiger partial charge in [0.15, 0.2) is 0 Å². The molecule has 0 bridgehead atoms. The molecule has 0 saturated carbocycles. The van der Waals surface area contributed by atoms with Crippen molar-refractivity contribution in [3.05, 3.63) is 24.3 Å². The normalized spacial score (nSPS) is 12.6. The predicted octanol–water partition coefficient (Wildman–Crippen LogP) is 22.1. The maximum absolute atomic E-state index is 12.5. The van der Waals surface area contributed by atoms with Crippen LogP contribution >= 0.6 is 0 Å². The van der Waals surface area contributed by atoms with Gasteiger partial charge < -0.3 is 20.3 Å². The zero-order valence-corrected chi connectivity index (χ0v) is 51.5. The van der Waals surface area contributed by atoms with Gasteiger partial charge in [-0.1, -0.05) is 346 Å². The van der Waals surface area contributed by atoms with Crippen LogP contribution in [0.25, 0.3) is 0 Å². The van der Waals surface area contributed by atoms with Crippen LogP contribution in [-0.2, 0) is 14.3 Å². The second kappa shape index (κ2) is 65.9. The standard InChI is InChI=1S/C70H135NO5/c1-3-5-7-9-11-13-15-17-19-20-21-22-26-29-32-35-38-42-46-50-54-58-62-68(73)67(66-72)71-69(74)63-59-55-51-47-43-39-36-33-30-27-24-23-25-28-31-34-37-41-45-49-53-57-61-65-76-70(75)64-60-56-52-48-44-40-18-16-14-12-10-8-6-4-2/h10,12,16,18,67-68,72-73H,3-9,11,13-15,17,19-66H2,1-2H3,(H,71,74)/b12-10-,18-16-. The first kappa shape index (κ1) is 74.3. The lowest BCUT2D eigenvalue weighted by Crippen LogP contribution is -2.45. The van der Waals surface area contributed by atoms with Crippen molar-refractivity contribution in [3.63, 3.8) is 0 Å². The van der Waals surface area contributed by atoms with Gasteiger partial charge in [-0.2, -0.15) is 0 Å². The Morgan fingerprint density at radius 2 is 0.671 bits per heavy atom. The number of rotatable bonds is 65. The summed E-state index contributed by atoms with van der Waals surface area (Å²) in [6, 6.07) is -0.542. The van der Waals surface area contributed by atoms with Gasteiger partial charge >= 0.3 is 5.97 Å². The highest BCUT2D eigenvalue weighted by Crippen LogP contribution is 2.19. The SMILES string of the molecule is CCCC/C=C\C/C=C\CCCCCCCC(=O)OCCCCCCCCCCCCCCCCCCCCCCCCCC(=O)NC(CO)C(O)CCCCCCCCCCCCCCCCCCCCCCCC. The van der Waals surface area contributed by atoms with Crippen LogP contribution in [0.2, 0.25) is 0 Å². The lowest BCUT2D eigenvalue weighted by Gasteiger charge is -2.22. The molecule has 2 unspecified atom stereocenters. The summed E-state index contributed by atoms with van der Waals surface area (Å²) in [4.78, 5) is 24.6. The third-order valence-electron chi connectivity index (χ3n) is 16.3. The molecule has 3 N–H and O–H groups in total. The number of ether oxygens (including phenoxy) is 1. The van der Waals surface area contributed by atoms with E-state index in [9.17, 15) is 19.8 Å². The van der Waals surface area contributed by atoms with Gasteiger partial charge in [-0.3, -0.25) is 9.59 Å². The number of aliphatic hydroxyl groups is 2. The topological polar surface area (TPSA) is 95.9 Å². The Hall–Kier alpha value is -1.66. The molecule has 0 aromatic rings. The van der Waals surface area contributed by atoms with E-state index >= 15 is 0 Å². The first-order valence-corrected chi connectivity index (χ1v) is 34.6. The molecular weight excluding hydrogens is 935 g/mol. The van der Waals surface area contributed by atoms with E-state index < -0.39 is 12.1 Å². The molecule has 6 nitrogen and oxygen atoms in total. The predicted molar refractivity (Wildman–Crippen MR) is 333 cm³/mol. The van der Waals surface area contributed by atoms with Gasteiger partial charge in [-0.25, -0.2) is 0 Å². The molecule has 76 heavy (non-hydrogen) atoms. The Labute approximate surface area is 475 Å². The van der Waals surface area contributed by atoms with Crippen LogP contribution in [0.1, 0.15) is 386 Å². The lowest BCUT2D eigenvalue weighted by molar-refractivity contribution is -0.143. The summed E-state index contributed by atoms with van der Waals surface area (Å²) in [5, 5.41) is 23.4. The van der Waals surface area contributed by atoms with Crippen molar-refractivity contribution >= 4 is 11.9 Å². The van der Waals surface area contributed by atoms with Crippen molar-refractivity contribution in [1.82, 2.24) is 5.32 Å². The molecule has 0 aliphatic heterocycles. The van der Waals surface area contributed by atoms with E-state index in [0.717, 1.165) is 51.4 Å². The summed E-state index contributed by atoms with van der Waals surface area (Å²) in [6.45, 7) is 4.94. The van der Waals surface area contributed by atoms with Crippen LogP contribution in [-0.4, -0.2) is 47.4 Å². The third-order valence-corrected chi connectivity index (χ3v) is 16.3. The highest BCUT2D eigenvalue weighted by molar-refractivity contribution is 5.76. The first-order valence-electron chi connectivity index (χ1n) is 34.6. The van der Waals surface area contributed by atoms with Gasteiger partial charge in [0.25, 0.3) is 0 Å². The minimum atomic E-state index is -0.665. The largest absolute Gasteiger partial charge is 0.466 e. The Kier molecular flexibility index (Phi) is 64.4. The summed E-state index contributed by atoms with van der Waals surface area (Å²) < 4.78 is 5.48. The van der Waals surface area contributed by atoms with E-state index in [1.807, 2.05) is 0 Å². The molecule has 0 fully saturated rings. The smallest absolute Gasteiger partial charge is 0.305 e. The van der Waals surface area contributed by atoms with Crippen molar-refractivity contribution < 1.29 is 24.5 Å². The minimum Gasteiger partial charge on any atom is -0.466 e. The Balaban J connectivity index is 3.38. The molecule has 6 heteroatoms. The number of unbranched alkanes of at least 4 members (excludes halogenated alkanes) is 50. The molecule has 0 aromatic heterocycles. The van der Waals surface area contributed by atoms with E-state index in [-0.39, 0.29) is 18.5 Å². The van der Waals surface area contributed by atoms with Crippen LogP contribution in [0.4, 0.5) is 0 Å². The second-order valence-corrected chi connectivity index (χ2v) is 23.9. The molecule has 450 valence electrons. The summed E-state index contributed by atoms with van der Waals surface area (Å²) in [6.07, 6.45) is 82.1. The van der Waals surface area contributed by atoms with Gasteiger partial charge in [0.05, 0.1) is 25.4 Å². The molecule has 0 radical (unpaired) electrons. The van der Waals surface area contributed by atoms with E-state index in [1.54, 1.807) is 0 Å². The van der Waals surface area contributed by atoms with Crippen LogP contribution in [0, 0.1) is 0 Å². The van der Waals surface area contributed by atoms with E-state index in [2.05, 4.69) is 43.5 Å². The molecular formula is C70H135NO5. The molecule has 0 heterocycles. The monoisotopic (exact) mass is 1070 g/mol. The highest BCUT2D eigenvalue weighted by Gasteiger charge is 2.20. The van der Waals surface area contributed by atoms with E-state index in [0.29, 0.717) is 25.9 Å². The number of amides is 1. The minimum absolute atomic E-state index is 0.000613. The molecule has 0 spiro atoms. The number of aliphatic hydroxyl groups excluding tert-OH is 2. The first-order chi connectivity index (χ1) is 37.5. The zero-order valence-electron chi connectivity index (χ0n) is 51.5. The number of nitrogens with one attached hydrogen (secondary N) is 1. The maximum Gasteiger partial charge on any atom is 0.305 e. The van der Waals surface area contributed by atoms with Crippen molar-refractivity contribution in [3.8, 4) is 0 Å². The summed E-state index contributed by atoms with van der Waals surface area (Å²) in [5.41, 5.74) is 0. The molecule has 0 saturated heterocycles. The number of esters is 1. The lowest BCUT2D eigenvalue weighted by atomic mass is 10.0. The van der Waals surface area contributed by atoms with E-state index in [4.69, 9.17) is 4.74 Å². The summed E-state index contributed by atoms with van der Waals surface area (Å²) in [5.74, 6) is -0.0296. The molecule has 1 amide bonds. The van der Waals surface area contributed by atoms with Gasteiger partial charge in [0.2, 0.25) is 5.91 Å². The van der Waals surface area contributed by atoms with Crippen molar-refractivity contribution in [2.75, 3.05) is 13.2 Å². The Morgan fingerprint density at radius 3 is 1.04 bits per heavy atom.